The van der Waals surface area contributed by atoms with Gasteiger partial charge in [-0.05, 0) is 6.42 Å². The monoisotopic (exact) mass is 445 g/mol. The van der Waals surface area contributed by atoms with Crippen LogP contribution in [0.15, 0.2) is 27.8 Å². The summed E-state index contributed by atoms with van der Waals surface area (Å²) in [5.41, 5.74) is 6.15. The SMILES string of the molecule is CCc1nc(C)oc1C(=O)N=c1sc2nc(C(N)=O)cnc2n1C/C=C/CNC(=O)O. The van der Waals surface area contributed by atoms with Crippen molar-refractivity contribution in [2.75, 3.05) is 6.54 Å². The van der Waals surface area contributed by atoms with E-state index in [1.54, 1.807) is 23.6 Å². The van der Waals surface area contributed by atoms with Gasteiger partial charge in [-0.3, -0.25) is 14.2 Å². The smallest absolute Gasteiger partial charge is 0.404 e. The van der Waals surface area contributed by atoms with Gasteiger partial charge in [0.1, 0.15) is 5.69 Å². The lowest BCUT2D eigenvalue weighted by atomic mass is 10.3. The number of nitrogens with one attached hydrogen (secondary N) is 1. The number of rotatable bonds is 7. The zero-order valence-electron chi connectivity index (χ0n) is 16.7. The molecule has 0 unspecified atom stereocenters. The molecule has 3 aromatic rings. The van der Waals surface area contributed by atoms with E-state index in [0.29, 0.717) is 28.5 Å². The molecule has 3 amide bonds. The number of oxazole rings is 1. The molecule has 3 aromatic heterocycles. The molecule has 3 rings (SSSR count). The second-order valence-electron chi connectivity index (χ2n) is 6.18. The summed E-state index contributed by atoms with van der Waals surface area (Å²) in [7, 11) is 0. The summed E-state index contributed by atoms with van der Waals surface area (Å²) in [6.45, 7) is 3.83. The molecule has 13 heteroatoms. The third kappa shape index (κ3) is 5.01. The van der Waals surface area contributed by atoms with Crippen LogP contribution in [0.4, 0.5) is 4.79 Å². The van der Waals surface area contributed by atoms with Crippen molar-refractivity contribution in [1.82, 2.24) is 24.8 Å². The average molecular weight is 445 g/mol. The molecular weight excluding hydrogens is 426 g/mol. The number of amides is 3. The van der Waals surface area contributed by atoms with E-state index in [2.05, 4.69) is 25.3 Å². The number of hydrogen-bond donors (Lipinski definition) is 3. The minimum atomic E-state index is -1.14. The second kappa shape index (κ2) is 9.30. The minimum absolute atomic E-state index is 0.0147. The minimum Gasteiger partial charge on any atom is -0.465 e. The maximum Gasteiger partial charge on any atom is 0.404 e. The molecule has 0 radical (unpaired) electrons. The summed E-state index contributed by atoms with van der Waals surface area (Å²) in [6, 6.07) is 0. The number of carbonyl (C=O) groups is 3. The van der Waals surface area contributed by atoms with E-state index in [-0.39, 0.29) is 29.3 Å². The zero-order valence-corrected chi connectivity index (χ0v) is 17.5. The normalized spacial score (nSPS) is 12.0. The van der Waals surface area contributed by atoms with Gasteiger partial charge < -0.3 is 20.6 Å². The molecule has 162 valence electrons. The Balaban J connectivity index is 2.05. The van der Waals surface area contributed by atoms with Crippen molar-refractivity contribution in [1.29, 1.82) is 0 Å². The molecule has 0 spiro atoms. The maximum absolute atomic E-state index is 12.7. The molecule has 0 aliphatic heterocycles. The van der Waals surface area contributed by atoms with Crippen molar-refractivity contribution < 1.29 is 23.9 Å². The summed E-state index contributed by atoms with van der Waals surface area (Å²) in [4.78, 5) is 52.1. The Hall–Kier alpha value is -3.87. The molecule has 0 aliphatic rings. The molecule has 0 saturated carbocycles. The standard InChI is InChI=1S/C18H19N7O5S/c1-3-10-12(30-9(2)22-10)15(27)24-17-25(7-5-4-6-20-18(28)29)14-16(31-17)23-11(8-21-14)13(19)26/h4-5,8,20H,3,6-7H2,1-2H3,(H2,19,26)(H,28,29)/b5-4+,24-17?. The molecule has 31 heavy (non-hydrogen) atoms. The van der Waals surface area contributed by atoms with Crippen molar-refractivity contribution >= 4 is 39.7 Å². The number of aromatic nitrogens is 4. The van der Waals surface area contributed by atoms with E-state index in [1.165, 1.54) is 6.20 Å². The zero-order chi connectivity index (χ0) is 22.5. The number of nitrogens with two attached hydrogens (primary N) is 1. The number of thiazole rings is 1. The number of allylic oxidation sites excluding steroid dienone is 1. The Labute approximate surface area is 179 Å². The topological polar surface area (TPSA) is 179 Å². The van der Waals surface area contributed by atoms with Gasteiger partial charge in [0, 0.05) is 20.0 Å². The first-order valence-corrected chi connectivity index (χ1v) is 9.95. The lowest BCUT2D eigenvalue weighted by Gasteiger charge is -2.01. The van der Waals surface area contributed by atoms with E-state index < -0.39 is 17.9 Å². The van der Waals surface area contributed by atoms with Gasteiger partial charge in [-0.25, -0.2) is 19.7 Å². The van der Waals surface area contributed by atoms with Crippen LogP contribution in [-0.2, 0) is 13.0 Å². The van der Waals surface area contributed by atoms with Crippen LogP contribution in [0.5, 0.6) is 0 Å². The number of carboxylic acid groups (broad SMARTS) is 1. The predicted octanol–water partition coefficient (Wildman–Crippen LogP) is 1.02. The summed E-state index contributed by atoms with van der Waals surface area (Å²) >= 11 is 1.06. The van der Waals surface area contributed by atoms with Crippen molar-refractivity contribution in [2.45, 2.75) is 26.8 Å². The van der Waals surface area contributed by atoms with E-state index in [1.807, 2.05) is 6.92 Å². The summed E-state index contributed by atoms with van der Waals surface area (Å²) in [6.07, 6.45) is 3.90. The van der Waals surface area contributed by atoms with Gasteiger partial charge in [0.2, 0.25) is 5.76 Å². The van der Waals surface area contributed by atoms with Crippen molar-refractivity contribution in [2.24, 2.45) is 10.7 Å². The molecule has 0 bridgehead atoms. The average Bonchev–Trinajstić information content (AvgIpc) is 3.26. The number of fused-ring (bicyclic) bond motifs is 1. The van der Waals surface area contributed by atoms with Gasteiger partial charge in [0.05, 0.1) is 11.9 Å². The number of nitrogens with zero attached hydrogens (tertiary/aromatic N) is 5. The molecule has 3 heterocycles. The van der Waals surface area contributed by atoms with E-state index >= 15 is 0 Å². The fourth-order valence-electron chi connectivity index (χ4n) is 2.64. The van der Waals surface area contributed by atoms with Crippen LogP contribution in [0.3, 0.4) is 0 Å². The van der Waals surface area contributed by atoms with Crippen LogP contribution in [-0.4, -0.2) is 49.1 Å². The van der Waals surface area contributed by atoms with Crippen molar-refractivity contribution in [3.8, 4) is 0 Å². The molecule has 0 atom stereocenters. The first kappa shape index (κ1) is 21.8. The largest absolute Gasteiger partial charge is 0.465 e. The van der Waals surface area contributed by atoms with Crippen LogP contribution in [0.25, 0.3) is 10.5 Å². The lowest BCUT2D eigenvalue weighted by Crippen LogP contribution is -2.21. The van der Waals surface area contributed by atoms with Crippen molar-refractivity contribution in [3.05, 3.63) is 46.2 Å². The first-order chi connectivity index (χ1) is 14.8. The highest BCUT2D eigenvalue weighted by molar-refractivity contribution is 7.15. The highest BCUT2D eigenvalue weighted by Crippen LogP contribution is 2.15. The Kier molecular flexibility index (Phi) is 6.55. The Bertz CT molecular complexity index is 1250. The highest BCUT2D eigenvalue weighted by atomic mass is 32.1. The van der Waals surface area contributed by atoms with Gasteiger partial charge in [-0.2, -0.15) is 4.99 Å². The van der Waals surface area contributed by atoms with Crippen LogP contribution in [0.2, 0.25) is 0 Å². The Morgan fingerprint density at radius 2 is 2.13 bits per heavy atom. The van der Waals surface area contributed by atoms with Gasteiger partial charge in [0.15, 0.2) is 21.2 Å². The van der Waals surface area contributed by atoms with Gasteiger partial charge in [-0.15, -0.1) is 0 Å². The van der Waals surface area contributed by atoms with Crippen LogP contribution in [0.1, 0.15) is 39.6 Å². The number of primary amides is 1. The molecule has 0 aliphatic carbocycles. The maximum atomic E-state index is 12.7. The fourth-order valence-corrected chi connectivity index (χ4v) is 3.61. The molecule has 12 nitrogen and oxygen atoms in total. The summed E-state index contributed by atoms with van der Waals surface area (Å²) in [5, 5.41) is 10.8. The molecule has 0 saturated heterocycles. The predicted molar refractivity (Wildman–Crippen MR) is 110 cm³/mol. The molecular formula is C18H19N7O5S. The molecule has 0 aromatic carbocycles. The lowest BCUT2D eigenvalue weighted by molar-refractivity contribution is 0.0967. The van der Waals surface area contributed by atoms with E-state index in [4.69, 9.17) is 15.3 Å². The van der Waals surface area contributed by atoms with Crippen LogP contribution < -0.4 is 15.9 Å². The first-order valence-electron chi connectivity index (χ1n) is 9.13. The fraction of sp³-hybridized carbons (Fsp3) is 0.278. The van der Waals surface area contributed by atoms with E-state index in [0.717, 1.165) is 11.3 Å². The van der Waals surface area contributed by atoms with Crippen LogP contribution in [0, 0.1) is 6.92 Å². The summed E-state index contributed by atoms with van der Waals surface area (Å²) < 4.78 is 7.02. The van der Waals surface area contributed by atoms with Crippen molar-refractivity contribution in [3.63, 3.8) is 0 Å². The van der Waals surface area contributed by atoms with Gasteiger partial charge >= 0.3 is 12.0 Å². The number of aryl methyl sites for hydroxylation is 2. The second-order valence-corrected chi connectivity index (χ2v) is 7.14. The van der Waals surface area contributed by atoms with Gasteiger partial charge in [0.25, 0.3) is 5.91 Å². The number of hydrogen-bond acceptors (Lipinski definition) is 8. The van der Waals surface area contributed by atoms with E-state index in [9.17, 15) is 14.4 Å². The molecule has 0 fully saturated rings. The molecule has 4 N–H and O–H groups in total. The third-order valence-corrected chi connectivity index (χ3v) is 4.97. The Morgan fingerprint density at radius 1 is 1.35 bits per heavy atom. The highest BCUT2D eigenvalue weighted by Gasteiger charge is 2.19. The van der Waals surface area contributed by atoms with Gasteiger partial charge in [-0.1, -0.05) is 30.4 Å². The summed E-state index contributed by atoms with van der Waals surface area (Å²) in [5.74, 6) is -0.912. The van der Waals surface area contributed by atoms with Crippen LogP contribution >= 0.6 is 11.3 Å². The Morgan fingerprint density at radius 3 is 2.81 bits per heavy atom. The third-order valence-electron chi connectivity index (χ3n) is 4.01. The quantitative estimate of drug-likeness (QED) is 0.451. The number of carbonyl (C=O) groups excluding carboxylic acids is 2.